The normalized spacial score (nSPS) is 11.4. The molecule has 0 fully saturated rings. The minimum atomic E-state index is 0.0550. The third kappa shape index (κ3) is 3.63. The lowest BCUT2D eigenvalue weighted by Gasteiger charge is -2.23. The summed E-state index contributed by atoms with van der Waals surface area (Å²) in [5.41, 5.74) is 2.59. The second kappa shape index (κ2) is 6.01. The molecule has 0 atom stereocenters. The Labute approximate surface area is 130 Å². The van der Waals surface area contributed by atoms with Crippen LogP contribution in [0.5, 0.6) is 11.5 Å². The smallest absolute Gasteiger partial charge is 0.132 e. The van der Waals surface area contributed by atoms with Crippen LogP contribution in [0.15, 0.2) is 46.9 Å². The van der Waals surface area contributed by atoms with E-state index in [0.29, 0.717) is 0 Å². The van der Waals surface area contributed by atoms with Crippen LogP contribution in [-0.4, -0.2) is 0 Å². The zero-order valence-corrected chi connectivity index (χ0v) is 14.1. The second-order valence-corrected chi connectivity index (χ2v) is 6.91. The quantitative estimate of drug-likeness (QED) is 0.659. The van der Waals surface area contributed by atoms with Gasteiger partial charge in [0.15, 0.2) is 0 Å². The Bertz CT molecular complexity index is 579. The van der Waals surface area contributed by atoms with Crippen molar-refractivity contribution >= 4 is 15.9 Å². The standard InChI is InChI=1S/C18H21BrO/c1-5-13-6-9-15(10-7-13)20-17-12-14(19)8-11-16(17)18(2,3)4/h6-12H,5H2,1-4H3. The van der Waals surface area contributed by atoms with Crippen LogP contribution < -0.4 is 4.74 Å². The molecule has 0 aliphatic carbocycles. The van der Waals surface area contributed by atoms with Crippen molar-refractivity contribution in [1.29, 1.82) is 0 Å². The summed E-state index contributed by atoms with van der Waals surface area (Å²) in [4.78, 5) is 0. The molecule has 0 aliphatic rings. The van der Waals surface area contributed by atoms with Crippen LogP contribution in [0.3, 0.4) is 0 Å². The van der Waals surface area contributed by atoms with Gasteiger partial charge in [-0.15, -0.1) is 0 Å². The van der Waals surface area contributed by atoms with Gasteiger partial charge in [0.05, 0.1) is 0 Å². The van der Waals surface area contributed by atoms with Gasteiger partial charge in [0, 0.05) is 10.0 Å². The largest absolute Gasteiger partial charge is 0.457 e. The average molecular weight is 333 g/mol. The van der Waals surface area contributed by atoms with Crippen molar-refractivity contribution in [3.8, 4) is 11.5 Å². The summed E-state index contributed by atoms with van der Waals surface area (Å²) in [6.45, 7) is 8.75. The van der Waals surface area contributed by atoms with E-state index < -0.39 is 0 Å². The summed E-state index contributed by atoms with van der Waals surface area (Å²) in [5.74, 6) is 1.79. The van der Waals surface area contributed by atoms with Gasteiger partial charge in [-0.1, -0.05) is 61.8 Å². The first-order valence-corrected chi connectivity index (χ1v) is 7.76. The van der Waals surface area contributed by atoms with Crippen molar-refractivity contribution in [3.63, 3.8) is 0 Å². The monoisotopic (exact) mass is 332 g/mol. The highest BCUT2D eigenvalue weighted by Crippen LogP contribution is 2.36. The molecule has 0 heterocycles. The number of halogens is 1. The molecule has 0 aliphatic heterocycles. The van der Waals surface area contributed by atoms with Crippen LogP contribution in [0, 0.1) is 0 Å². The summed E-state index contributed by atoms with van der Waals surface area (Å²) in [7, 11) is 0. The van der Waals surface area contributed by atoms with E-state index in [0.717, 1.165) is 22.4 Å². The maximum Gasteiger partial charge on any atom is 0.132 e. The van der Waals surface area contributed by atoms with Gasteiger partial charge in [0.25, 0.3) is 0 Å². The Balaban J connectivity index is 2.34. The minimum absolute atomic E-state index is 0.0550. The average Bonchev–Trinajstić information content (AvgIpc) is 2.38. The van der Waals surface area contributed by atoms with E-state index >= 15 is 0 Å². The SMILES string of the molecule is CCc1ccc(Oc2cc(Br)ccc2C(C)(C)C)cc1. The topological polar surface area (TPSA) is 9.23 Å². The van der Waals surface area contributed by atoms with E-state index in [9.17, 15) is 0 Å². The fourth-order valence-electron chi connectivity index (χ4n) is 2.12. The Morgan fingerprint density at radius 2 is 1.65 bits per heavy atom. The van der Waals surface area contributed by atoms with Crippen molar-refractivity contribution in [2.75, 3.05) is 0 Å². The van der Waals surface area contributed by atoms with Gasteiger partial charge in [-0.2, -0.15) is 0 Å². The maximum absolute atomic E-state index is 6.09. The number of hydrogen-bond donors (Lipinski definition) is 0. The van der Waals surface area contributed by atoms with Crippen LogP contribution in [0.1, 0.15) is 38.8 Å². The molecule has 0 unspecified atom stereocenters. The molecule has 20 heavy (non-hydrogen) atoms. The molecule has 1 nitrogen and oxygen atoms in total. The molecule has 0 aromatic heterocycles. The van der Waals surface area contributed by atoms with Crippen molar-refractivity contribution in [3.05, 3.63) is 58.1 Å². The van der Waals surface area contributed by atoms with Crippen molar-refractivity contribution in [2.24, 2.45) is 0 Å². The summed E-state index contributed by atoms with van der Waals surface area (Å²) in [5, 5.41) is 0. The van der Waals surface area contributed by atoms with Crippen molar-refractivity contribution in [2.45, 2.75) is 39.5 Å². The number of aryl methyl sites for hydroxylation is 1. The van der Waals surface area contributed by atoms with Crippen molar-refractivity contribution < 1.29 is 4.74 Å². The molecule has 0 saturated heterocycles. The molecule has 0 amide bonds. The number of ether oxygens (including phenoxy) is 1. The molecule has 2 rings (SSSR count). The molecule has 106 valence electrons. The van der Waals surface area contributed by atoms with E-state index in [1.54, 1.807) is 0 Å². The van der Waals surface area contributed by atoms with Gasteiger partial charge < -0.3 is 4.74 Å². The fourth-order valence-corrected chi connectivity index (χ4v) is 2.46. The van der Waals surface area contributed by atoms with Crippen LogP contribution in [0.4, 0.5) is 0 Å². The summed E-state index contributed by atoms with van der Waals surface area (Å²) in [6.07, 6.45) is 1.05. The van der Waals surface area contributed by atoms with E-state index in [4.69, 9.17) is 4.74 Å². The van der Waals surface area contributed by atoms with E-state index in [1.807, 2.05) is 18.2 Å². The van der Waals surface area contributed by atoms with Gasteiger partial charge in [0.2, 0.25) is 0 Å². The van der Waals surface area contributed by atoms with E-state index in [-0.39, 0.29) is 5.41 Å². The number of rotatable bonds is 3. The molecule has 0 N–H and O–H groups in total. The fraction of sp³-hybridized carbons (Fsp3) is 0.333. The van der Waals surface area contributed by atoms with Crippen LogP contribution in [-0.2, 0) is 11.8 Å². The third-order valence-corrected chi connectivity index (χ3v) is 3.80. The summed E-state index contributed by atoms with van der Waals surface area (Å²) < 4.78 is 7.12. The zero-order chi connectivity index (χ0) is 14.8. The first-order chi connectivity index (χ1) is 9.40. The lowest BCUT2D eigenvalue weighted by Crippen LogP contribution is -2.12. The molecular weight excluding hydrogens is 312 g/mol. The minimum Gasteiger partial charge on any atom is -0.457 e. The molecule has 2 aromatic rings. The van der Waals surface area contributed by atoms with E-state index in [2.05, 4.69) is 67.9 Å². The lowest BCUT2D eigenvalue weighted by atomic mass is 9.86. The molecule has 0 saturated carbocycles. The number of hydrogen-bond acceptors (Lipinski definition) is 1. The van der Waals surface area contributed by atoms with Crippen LogP contribution in [0.2, 0.25) is 0 Å². The third-order valence-electron chi connectivity index (χ3n) is 3.31. The highest BCUT2D eigenvalue weighted by Gasteiger charge is 2.19. The van der Waals surface area contributed by atoms with Gasteiger partial charge in [-0.25, -0.2) is 0 Å². The van der Waals surface area contributed by atoms with Gasteiger partial charge >= 0.3 is 0 Å². The predicted octanol–water partition coefficient (Wildman–Crippen LogP) is 6.10. The van der Waals surface area contributed by atoms with Crippen LogP contribution >= 0.6 is 15.9 Å². The first kappa shape index (κ1) is 15.1. The molecule has 0 radical (unpaired) electrons. The predicted molar refractivity (Wildman–Crippen MR) is 88.7 cm³/mol. The van der Waals surface area contributed by atoms with Gasteiger partial charge in [-0.05, 0) is 41.7 Å². The summed E-state index contributed by atoms with van der Waals surface area (Å²) in [6, 6.07) is 14.5. The maximum atomic E-state index is 6.09. The van der Waals surface area contributed by atoms with E-state index in [1.165, 1.54) is 11.1 Å². The zero-order valence-electron chi connectivity index (χ0n) is 12.5. The molecule has 0 bridgehead atoms. The highest BCUT2D eigenvalue weighted by molar-refractivity contribution is 9.10. The Morgan fingerprint density at radius 3 is 2.20 bits per heavy atom. The molecular formula is C18H21BrO. The lowest BCUT2D eigenvalue weighted by molar-refractivity contribution is 0.455. The number of benzene rings is 2. The molecule has 0 spiro atoms. The summed E-state index contributed by atoms with van der Waals surface area (Å²) >= 11 is 3.52. The van der Waals surface area contributed by atoms with Crippen LogP contribution in [0.25, 0.3) is 0 Å². The Kier molecular flexibility index (Phi) is 4.54. The highest BCUT2D eigenvalue weighted by atomic mass is 79.9. The second-order valence-electron chi connectivity index (χ2n) is 5.99. The molecule has 2 heteroatoms. The van der Waals surface area contributed by atoms with Gasteiger partial charge in [0.1, 0.15) is 11.5 Å². The Hall–Kier alpha value is -1.28. The first-order valence-electron chi connectivity index (χ1n) is 6.97. The van der Waals surface area contributed by atoms with Gasteiger partial charge in [-0.3, -0.25) is 0 Å². The van der Waals surface area contributed by atoms with Crippen molar-refractivity contribution in [1.82, 2.24) is 0 Å². The Morgan fingerprint density at radius 1 is 1.00 bits per heavy atom. The molecule has 2 aromatic carbocycles.